The average Bonchev–Trinajstić information content (AvgIpc) is 3.06. The quantitative estimate of drug-likeness (QED) is 0.668. The van der Waals surface area contributed by atoms with Gasteiger partial charge >= 0.3 is 11.8 Å². The number of hydrogen-bond acceptors (Lipinski definition) is 5. The fourth-order valence-corrected chi connectivity index (χ4v) is 5.66. The molecule has 2 fully saturated rings. The molecule has 0 bridgehead atoms. The smallest absolute Gasteiger partial charge is 0.388 e. The maximum atomic E-state index is 12.9. The number of carbonyl (C=O) groups excluding carboxylic acids is 2. The first kappa shape index (κ1) is 22.3. The highest BCUT2D eigenvalue weighted by Gasteiger charge is 2.42. The lowest BCUT2D eigenvalue weighted by molar-refractivity contribution is -0.394. The maximum Gasteiger partial charge on any atom is 0.388 e. The molecule has 0 radical (unpaired) electrons. The van der Waals surface area contributed by atoms with Gasteiger partial charge in [-0.15, -0.1) is 4.99 Å². The van der Waals surface area contributed by atoms with Crippen molar-refractivity contribution in [3.8, 4) is 5.75 Å². The first-order chi connectivity index (χ1) is 15.9. The molecule has 2 amide bonds. The molecule has 3 heterocycles. The third-order valence-corrected chi connectivity index (χ3v) is 7.28. The Morgan fingerprint density at radius 3 is 2.67 bits per heavy atom. The van der Waals surface area contributed by atoms with Crippen LogP contribution in [0.4, 0.5) is 0 Å². The summed E-state index contributed by atoms with van der Waals surface area (Å²) in [7, 11) is 0. The summed E-state index contributed by atoms with van der Waals surface area (Å²) < 4.78 is 12.4. The number of fused-ring (bicyclic) bond motifs is 1. The van der Waals surface area contributed by atoms with E-state index in [2.05, 4.69) is 23.7 Å². The molecule has 1 aromatic carbocycles. The van der Waals surface area contributed by atoms with Crippen LogP contribution >= 0.6 is 0 Å². The lowest BCUT2D eigenvalue weighted by Gasteiger charge is -2.48. The van der Waals surface area contributed by atoms with E-state index in [9.17, 15) is 14.7 Å². The van der Waals surface area contributed by atoms with Crippen molar-refractivity contribution in [2.24, 2.45) is 0 Å². The third kappa shape index (κ3) is 4.51. The van der Waals surface area contributed by atoms with Gasteiger partial charge in [-0.2, -0.15) is 0 Å². The number of likely N-dealkylation sites (tertiary alicyclic amines) is 1. The number of hydrogen-bond donors (Lipinski definition) is 2. The first-order valence-corrected chi connectivity index (χ1v) is 12.2. The molecule has 33 heavy (non-hydrogen) atoms. The number of ether oxygens (including phenoxy) is 2. The molecule has 2 N–H and O–H groups in total. The van der Waals surface area contributed by atoms with Crippen LogP contribution in [0, 0.1) is 0 Å². The van der Waals surface area contributed by atoms with E-state index < -0.39 is 6.04 Å². The topological polar surface area (TPSA) is 93.3 Å². The standard InChI is InChI=1S/C25H33N3O5/c1-15(2)32-18-13-27(14-18)20-5-3-4-6-22(20)33-17-7-8-19-16(11-17)12-28(25(19)31)21-9-10-23(29)26-24(21)30/h7-8,11,15,18,20-22H,3-6,9-10,12-14H2,1-2H3,(H,26,29,30)/p+1. The van der Waals surface area contributed by atoms with Crippen LogP contribution in [0.2, 0.25) is 0 Å². The molecule has 4 aliphatic rings. The Hall–Kier alpha value is -2.45. The van der Waals surface area contributed by atoms with E-state index in [4.69, 9.17) is 9.47 Å². The number of aliphatic hydroxyl groups excluding tert-OH is 1. The molecule has 3 aliphatic heterocycles. The number of aliphatic hydroxyl groups is 1. The summed E-state index contributed by atoms with van der Waals surface area (Å²) in [4.78, 5) is 31.1. The number of rotatable bonds is 6. The molecule has 3 unspecified atom stereocenters. The number of nitrogens with one attached hydrogen (secondary N) is 1. The van der Waals surface area contributed by atoms with Crippen LogP contribution in [0.3, 0.4) is 0 Å². The van der Waals surface area contributed by atoms with E-state index >= 15 is 0 Å². The van der Waals surface area contributed by atoms with Gasteiger partial charge in [0.15, 0.2) is 6.04 Å². The summed E-state index contributed by atoms with van der Waals surface area (Å²) in [6.45, 7) is 6.50. The van der Waals surface area contributed by atoms with Gasteiger partial charge in [0.25, 0.3) is 5.91 Å². The summed E-state index contributed by atoms with van der Waals surface area (Å²) in [5.74, 6) is 0.329. The van der Waals surface area contributed by atoms with E-state index in [0.29, 0.717) is 37.1 Å². The van der Waals surface area contributed by atoms with Gasteiger partial charge in [-0.05, 0) is 63.3 Å². The van der Waals surface area contributed by atoms with Gasteiger partial charge in [-0.25, -0.2) is 4.79 Å². The fraction of sp³-hybridized carbons (Fsp3) is 0.640. The van der Waals surface area contributed by atoms with E-state index in [0.717, 1.165) is 37.2 Å². The zero-order chi connectivity index (χ0) is 23.1. The molecule has 5 rings (SSSR count). The highest BCUT2D eigenvalue weighted by molar-refractivity contribution is 6.01. The van der Waals surface area contributed by atoms with Crippen molar-refractivity contribution in [3.63, 3.8) is 0 Å². The predicted octanol–water partition coefficient (Wildman–Crippen LogP) is 1.17. The summed E-state index contributed by atoms with van der Waals surface area (Å²) in [5, 5.41) is 10.2. The van der Waals surface area contributed by atoms with E-state index in [1.54, 1.807) is 4.90 Å². The normalized spacial score (nSPS) is 28.6. The fourth-order valence-electron chi connectivity index (χ4n) is 5.66. The van der Waals surface area contributed by atoms with E-state index in [1.807, 2.05) is 18.2 Å². The number of nitrogens with zero attached hydrogens (tertiary/aromatic N) is 2. The Balaban J connectivity index is 1.25. The summed E-state index contributed by atoms with van der Waals surface area (Å²) in [6, 6.07) is 5.60. The largest absolute Gasteiger partial charge is 0.489 e. The summed E-state index contributed by atoms with van der Waals surface area (Å²) in [5.41, 5.74) is 1.55. The monoisotopic (exact) mass is 456 g/mol. The lowest BCUT2D eigenvalue weighted by Crippen LogP contribution is -2.82. The molecule has 8 nitrogen and oxygen atoms in total. The highest BCUT2D eigenvalue weighted by Crippen LogP contribution is 2.34. The molecule has 1 saturated carbocycles. The second kappa shape index (κ2) is 9.06. The second-order valence-corrected chi connectivity index (χ2v) is 10.0. The zero-order valence-electron chi connectivity index (χ0n) is 19.5. The Morgan fingerprint density at radius 1 is 1.12 bits per heavy atom. The SMILES string of the molecule is CC(C)OC1CN(C2CCCCC2Oc2ccc3c(c2)CN(C2CCC(=O)[NH+]=C2O)C3=O)C1. The van der Waals surface area contributed by atoms with E-state index in [-0.39, 0.29) is 29.9 Å². The molecular weight excluding hydrogens is 422 g/mol. The lowest BCUT2D eigenvalue weighted by atomic mass is 9.89. The van der Waals surface area contributed by atoms with Crippen molar-refractivity contribution in [2.75, 3.05) is 13.1 Å². The minimum atomic E-state index is -0.484. The average molecular weight is 457 g/mol. The van der Waals surface area contributed by atoms with Gasteiger partial charge in [0, 0.05) is 31.2 Å². The second-order valence-electron chi connectivity index (χ2n) is 10.0. The van der Waals surface area contributed by atoms with Crippen LogP contribution < -0.4 is 9.73 Å². The van der Waals surface area contributed by atoms with Crippen molar-refractivity contribution < 1.29 is 29.2 Å². The van der Waals surface area contributed by atoms with Crippen molar-refractivity contribution in [2.45, 2.75) is 89.3 Å². The molecule has 8 heteroatoms. The van der Waals surface area contributed by atoms with Crippen LogP contribution in [-0.2, 0) is 16.1 Å². The van der Waals surface area contributed by atoms with Crippen molar-refractivity contribution in [3.05, 3.63) is 29.3 Å². The van der Waals surface area contributed by atoms with Crippen molar-refractivity contribution >= 4 is 17.7 Å². The molecule has 1 saturated heterocycles. The molecule has 0 aromatic heterocycles. The Bertz CT molecular complexity index is 955. The van der Waals surface area contributed by atoms with Crippen molar-refractivity contribution in [1.29, 1.82) is 0 Å². The molecule has 0 spiro atoms. The maximum absolute atomic E-state index is 12.9. The number of amides is 2. The van der Waals surface area contributed by atoms with Crippen molar-refractivity contribution in [1.82, 2.24) is 9.80 Å². The van der Waals surface area contributed by atoms with Gasteiger partial charge < -0.3 is 19.5 Å². The Kier molecular flexibility index (Phi) is 6.14. The zero-order valence-corrected chi connectivity index (χ0v) is 19.5. The van der Waals surface area contributed by atoms with Crippen LogP contribution in [0.15, 0.2) is 18.2 Å². The third-order valence-electron chi connectivity index (χ3n) is 7.28. The Labute approximate surface area is 194 Å². The minimum Gasteiger partial charge on any atom is -0.489 e. The Morgan fingerprint density at radius 2 is 1.91 bits per heavy atom. The summed E-state index contributed by atoms with van der Waals surface area (Å²) >= 11 is 0. The summed E-state index contributed by atoms with van der Waals surface area (Å²) in [6.07, 6.45) is 6.01. The van der Waals surface area contributed by atoms with Gasteiger partial charge in [0.1, 0.15) is 11.9 Å². The minimum absolute atomic E-state index is 0.114. The first-order valence-electron chi connectivity index (χ1n) is 12.2. The molecular formula is C25H34N3O5+. The molecule has 3 atom stereocenters. The number of benzene rings is 1. The van der Waals surface area contributed by atoms with Crippen LogP contribution in [0.25, 0.3) is 0 Å². The van der Waals surface area contributed by atoms with Gasteiger partial charge in [0.05, 0.1) is 18.6 Å². The van der Waals surface area contributed by atoms with Gasteiger partial charge in [-0.3, -0.25) is 9.69 Å². The van der Waals surface area contributed by atoms with Gasteiger partial charge in [-0.1, -0.05) is 6.42 Å². The highest BCUT2D eigenvalue weighted by atomic mass is 16.5. The van der Waals surface area contributed by atoms with E-state index in [1.165, 1.54) is 12.8 Å². The predicted molar refractivity (Wildman–Crippen MR) is 121 cm³/mol. The molecule has 178 valence electrons. The van der Waals surface area contributed by atoms with Crippen LogP contribution in [0.5, 0.6) is 5.75 Å². The van der Waals surface area contributed by atoms with Crippen LogP contribution in [0.1, 0.15) is 68.3 Å². The molecule has 1 aromatic rings. The van der Waals surface area contributed by atoms with Crippen LogP contribution in [-0.4, -0.2) is 76.1 Å². The molecule has 1 aliphatic carbocycles. The number of carbonyl (C=O) groups is 2. The van der Waals surface area contributed by atoms with Gasteiger partial charge in [0.2, 0.25) is 0 Å².